The van der Waals surface area contributed by atoms with Crippen molar-refractivity contribution in [3.8, 4) is 0 Å². The van der Waals surface area contributed by atoms with Gasteiger partial charge >= 0.3 is 0 Å². The topological polar surface area (TPSA) is 29.9 Å². The molecule has 0 saturated heterocycles. The third-order valence-corrected chi connectivity index (χ3v) is 4.59. The molecule has 3 nitrogen and oxygen atoms in total. The highest BCUT2D eigenvalue weighted by molar-refractivity contribution is 6.35. The first-order valence-electron chi connectivity index (χ1n) is 7.15. The van der Waals surface area contributed by atoms with Crippen molar-refractivity contribution in [2.45, 2.75) is 12.5 Å². The molecule has 2 aromatic carbocycles. The number of imidazole rings is 1. The van der Waals surface area contributed by atoms with Gasteiger partial charge in [-0.1, -0.05) is 41.9 Å². The average Bonchev–Trinajstić information content (AvgIpc) is 2.85. The fraction of sp³-hybridized carbons (Fsp3) is 0.235. The third-order valence-electron chi connectivity index (χ3n) is 4.29. The van der Waals surface area contributed by atoms with Crippen molar-refractivity contribution in [1.82, 2.24) is 14.9 Å². The number of aromatic nitrogens is 2. The summed E-state index contributed by atoms with van der Waals surface area (Å²) in [6.45, 7) is 1.84. The average molecular weight is 298 g/mol. The predicted octanol–water partition coefficient (Wildman–Crippen LogP) is 3.46. The lowest BCUT2D eigenvalue weighted by molar-refractivity contribution is 0.562. The van der Waals surface area contributed by atoms with Gasteiger partial charge < -0.3 is 9.88 Å². The molecule has 0 aliphatic carbocycles. The molecule has 4 rings (SSSR count). The van der Waals surface area contributed by atoms with Crippen molar-refractivity contribution >= 4 is 22.6 Å². The lowest BCUT2D eigenvalue weighted by Crippen LogP contribution is -2.30. The maximum atomic E-state index is 6.34. The Kier molecular flexibility index (Phi) is 2.98. The highest BCUT2D eigenvalue weighted by atomic mass is 35.5. The molecule has 0 fully saturated rings. The van der Waals surface area contributed by atoms with Crippen molar-refractivity contribution in [1.29, 1.82) is 0 Å². The minimum absolute atomic E-state index is 0.267. The second-order valence-electron chi connectivity index (χ2n) is 5.52. The van der Waals surface area contributed by atoms with Gasteiger partial charge in [0.25, 0.3) is 0 Å². The molecule has 1 aromatic heterocycles. The smallest absolute Gasteiger partial charge is 0.118 e. The summed E-state index contributed by atoms with van der Waals surface area (Å²) < 4.78 is 2.13. The molecule has 2 heterocycles. The number of nitrogens with one attached hydrogen (secondary N) is 1. The second-order valence-corrected chi connectivity index (χ2v) is 5.93. The Balaban J connectivity index is 1.92. The van der Waals surface area contributed by atoms with Crippen LogP contribution in [0.25, 0.3) is 11.0 Å². The largest absolute Gasteiger partial charge is 0.329 e. The van der Waals surface area contributed by atoms with Crippen LogP contribution in [0.5, 0.6) is 0 Å². The molecule has 21 heavy (non-hydrogen) atoms. The number of benzene rings is 2. The number of hydrogen-bond donors (Lipinski definition) is 1. The van der Waals surface area contributed by atoms with E-state index < -0.39 is 0 Å². The van der Waals surface area contributed by atoms with Gasteiger partial charge in [-0.2, -0.15) is 0 Å². The summed E-state index contributed by atoms with van der Waals surface area (Å²) in [6.07, 6.45) is 0. The van der Waals surface area contributed by atoms with Crippen LogP contribution in [0.3, 0.4) is 0 Å². The van der Waals surface area contributed by atoms with Gasteiger partial charge in [-0.3, -0.25) is 0 Å². The van der Waals surface area contributed by atoms with Crippen LogP contribution in [-0.4, -0.2) is 16.1 Å². The summed E-state index contributed by atoms with van der Waals surface area (Å²) >= 11 is 6.34. The molecule has 1 aliphatic rings. The molecule has 0 radical (unpaired) electrons. The Bertz CT molecular complexity index is 822. The van der Waals surface area contributed by atoms with E-state index >= 15 is 0 Å². The van der Waals surface area contributed by atoms with Crippen LogP contribution < -0.4 is 5.32 Å². The SMILES string of the molecule is Cn1c(C2CNCc3ccccc32)nc2cccc(Cl)c21. The lowest BCUT2D eigenvalue weighted by atomic mass is 9.90. The van der Waals surface area contributed by atoms with E-state index in [1.807, 2.05) is 25.2 Å². The number of aryl methyl sites for hydroxylation is 1. The van der Waals surface area contributed by atoms with E-state index in [4.69, 9.17) is 16.6 Å². The van der Waals surface area contributed by atoms with Crippen molar-refractivity contribution in [3.63, 3.8) is 0 Å². The normalized spacial score (nSPS) is 17.9. The zero-order valence-electron chi connectivity index (χ0n) is 11.8. The van der Waals surface area contributed by atoms with E-state index in [9.17, 15) is 0 Å². The zero-order valence-corrected chi connectivity index (χ0v) is 12.6. The monoisotopic (exact) mass is 297 g/mol. The maximum Gasteiger partial charge on any atom is 0.118 e. The standard InChI is InChI=1S/C17H16ClN3/c1-21-16-14(18)7-4-8-15(16)20-17(21)13-10-19-9-11-5-2-3-6-12(11)13/h2-8,13,19H,9-10H2,1H3. The molecule has 3 aromatic rings. The Morgan fingerprint density at radius 2 is 2.05 bits per heavy atom. The van der Waals surface area contributed by atoms with Crippen LogP contribution in [0.1, 0.15) is 22.9 Å². The van der Waals surface area contributed by atoms with Crippen LogP contribution in [-0.2, 0) is 13.6 Å². The van der Waals surface area contributed by atoms with Gasteiger partial charge in [0, 0.05) is 20.1 Å². The van der Waals surface area contributed by atoms with Crippen molar-refractivity contribution in [2.24, 2.45) is 7.05 Å². The second kappa shape index (κ2) is 4.86. The molecule has 0 saturated carbocycles. The maximum absolute atomic E-state index is 6.34. The number of hydrogen-bond acceptors (Lipinski definition) is 2. The summed E-state index contributed by atoms with van der Waals surface area (Å²) in [7, 11) is 2.05. The fourth-order valence-corrected chi connectivity index (χ4v) is 3.57. The molecule has 1 unspecified atom stereocenters. The molecule has 1 atom stereocenters. The quantitative estimate of drug-likeness (QED) is 0.745. The minimum Gasteiger partial charge on any atom is -0.329 e. The van der Waals surface area contributed by atoms with E-state index in [2.05, 4.69) is 34.1 Å². The van der Waals surface area contributed by atoms with Gasteiger partial charge in [0.15, 0.2) is 0 Å². The van der Waals surface area contributed by atoms with E-state index in [0.29, 0.717) is 0 Å². The van der Waals surface area contributed by atoms with Crippen molar-refractivity contribution < 1.29 is 0 Å². The molecule has 0 amide bonds. The van der Waals surface area contributed by atoms with Crippen LogP contribution in [0.2, 0.25) is 5.02 Å². The minimum atomic E-state index is 0.267. The molecule has 0 bridgehead atoms. The van der Waals surface area contributed by atoms with Gasteiger partial charge in [-0.25, -0.2) is 4.98 Å². The summed E-state index contributed by atoms with van der Waals surface area (Å²) in [5, 5.41) is 4.24. The number of fused-ring (bicyclic) bond motifs is 2. The lowest BCUT2D eigenvalue weighted by Gasteiger charge is -2.26. The number of nitrogens with zero attached hydrogens (tertiary/aromatic N) is 2. The zero-order chi connectivity index (χ0) is 14.4. The van der Waals surface area contributed by atoms with Gasteiger partial charge in [0.1, 0.15) is 5.82 Å². The molecule has 1 aliphatic heterocycles. The van der Waals surface area contributed by atoms with E-state index in [-0.39, 0.29) is 5.92 Å². The van der Waals surface area contributed by atoms with E-state index in [1.54, 1.807) is 0 Å². The van der Waals surface area contributed by atoms with Crippen molar-refractivity contribution in [2.75, 3.05) is 6.54 Å². The van der Waals surface area contributed by atoms with Gasteiger partial charge in [-0.05, 0) is 23.3 Å². The molecule has 4 heteroatoms. The van der Waals surface area contributed by atoms with E-state index in [1.165, 1.54) is 11.1 Å². The molecule has 1 N–H and O–H groups in total. The van der Waals surface area contributed by atoms with Gasteiger partial charge in [-0.15, -0.1) is 0 Å². The molecule has 106 valence electrons. The number of halogens is 1. The Hall–Kier alpha value is -1.84. The van der Waals surface area contributed by atoms with Crippen LogP contribution in [0.15, 0.2) is 42.5 Å². The van der Waals surface area contributed by atoms with Crippen molar-refractivity contribution in [3.05, 3.63) is 64.4 Å². The summed E-state index contributed by atoms with van der Waals surface area (Å²) in [5.41, 5.74) is 4.69. The fourth-order valence-electron chi connectivity index (χ4n) is 3.28. The van der Waals surface area contributed by atoms with Gasteiger partial charge in [0.2, 0.25) is 0 Å². The first-order valence-corrected chi connectivity index (χ1v) is 7.53. The summed E-state index contributed by atoms with van der Waals surface area (Å²) in [5.74, 6) is 1.33. The predicted molar refractivity (Wildman–Crippen MR) is 85.7 cm³/mol. The highest BCUT2D eigenvalue weighted by Crippen LogP contribution is 2.32. The Morgan fingerprint density at radius 1 is 1.19 bits per heavy atom. The number of rotatable bonds is 1. The van der Waals surface area contributed by atoms with Gasteiger partial charge in [0.05, 0.1) is 22.0 Å². The summed E-state index contributed by atoms with van der Waals surface area (Å²) in [4.78, 5) is 4.83. The van der Waals surface area contributed by atoms with Crippen LogP contribution >= 0.6 is 11.6 Å². The molecule has 0 spiro atoms. The van der Waals surface area contributed by atoms with E-state index in [0.717, 1.165) is 35.0 Å². The first kappa shape index (κ1) is 12.9. The highest BCUT2D eigenvalue weighted by Gasteiger charge is 2.25. The Labute approximate surface area is 128 Å². The molecular weight excluding hydrogens is 282 g/mol. The molecular formula is C17H16ClN3. The third kappa shape index (κ3) is 1.96. The van der Waals surface area contributed by atoms with Crippen LogP contribution in [0, 0.1) is 0 Å². The Morgan fingerprint density at radius 3 is 2.90 bits per heavy atom. The number of para-hydroxylation sites is 1. The van der Waals surface area contributed by atoms with Crippen LogP contribution in [0.4, 0.5) is 0 Å². The summed E-state index contributed by atoms with van der Waals surface area (Å²) in [6, 6.07) is 14.5. The first-order chi connectivity index (χ1) is 10.3.